The first kappa shape index (κ1) is 22.1. The molecule has 0 unspecified atom stereocenters. The van der Waals surface area contributed by atoms with Crippen molar-refractivity contribution < 1.29 is 4.79 Å². The third-order valence-electron chi connectivity index (χ3n) is 5.50. The van der Waals surface area contributed by atoms with E-state index in [4.69, 9.17) is 0 Å². The number of benzene rings is 2. The van der Waals surface area contributed by atoms with E-state index in [1.54, 1.807) is 4.40 Å². The first-order chi connectivity index (χ1) is 16.9. The van der Waals surface area contributed by atoms with Gasteiger partial charge < -0.3 is 16.0 Å². The van der Waals surface area contributed by atoms with E-state index in [9.17, 15) is 4.79 Å². The number of aryl methyl sites for hydroxylation is 3. The van der Waals surface area contributed by atoms with E-state index in [-0.39, 0.29) is 5.91 Å². The lowest BCUT2D eigenvalue weighted by atomic mass is 10.2. The molecule has 0 radical (unpaired) electrons. The lowest BCUT2D eigenvalue weighted by Crippen LogP contribution is -2.15. The van der Waals surface area contributed by atoms with Gasteiger partial charge in [0.15, 0.2) is 0 Å². The first-order valence-electron chi connectivity index (χ1n) is 11.3. The van der Waals surface area contributed by atoms with Gasteiger partial charge in [0.2, 0.25) is 5.95 Å². The summed E-state index contributed by atoms with van der Waals surface area (Å²) in [5, 5.41) is 9.50. The maximum Gasteiger partial charge on any atom is 0.274 e. The number of hydrogen-bond donors (Lipinski definition) is 3. The van der Waals surface area contributed by atoms with Crippen LogP contribution in [0.2, 0.25) is 0 Å². The molecule has 5 rings (SSSR count). The van der Waals surface area contributed by atoms with E-state index in [2.05, 4.69) is 37.8 Å². The second-order valence-electron chi connectivity index (χ2n) is 8.34. The van der Waals surface area contributed by atoms with Gasteiger partial charge >= 0.3 is 0 Å². The summed E-state index contributed by atoms with van der Waals surface area (Å²) in [7, 11) is 0. The molecule has 0 fully saturated rings. The molecular weight excluding hydrogens is 438 g/mol. The Morgan fingerprint density at radius 1 is 0.771 bits per heavy atom. The summed E-state index contributed by atoms with van der Waals surface area (Å²) in [5.74, 6) is 0.977. The molecule has 8 nitrogen and oxygen atoms in total. The van der Waals surface area contributed by atoms with Crippen molar-refractivity contribution >= 4 is 40.4 Å². The zero-order chi connectivity index (χ0) is 24.4. The number of anilines is 5. The molecule has 2 aromatic carbocycles. The van der Waals surface area contributed by atoms with Crippen LogP contribution in [0.3, 0.4) is 0 Å². The largest absolute Gasteiger partial charge is 0.340 e. The molecule has 3 aromatic heterocycles. The number of pyridine rings is 1. The Balaban J connectivity index is 1.28. The number of carbonyl (C=O) groups excluding carboxylic acids is 1. The molecule has 0 bridgehead atoms. The molecule has 0 aliphatic rings. The van der Waals surface area contributed by atoms with Gasteiger partial charge in [-0.1, -0.05) is 23.8 Å². The Kier molecular flexibility index (Phi) is 5.85. The van der Waals surface area contributed by atoms with Crippen molar-refractivity contribution in [3.05, 3.63) is 102 Å². The van der Waals surface area contributed by atoms with Gasteiger partial charge in [0.1, 0.15) is 17.2 Å². The number of carbonyl (C=O) groups is 1. The summed E-state index contributed by atoms with van der Waals surface area (Å²) in [6, 6.07) is 23.1. The maximum absolute atomic E-state index is 12.9. The van der Waals surface area contributed by atoms with Crippen molar-refractivity contribution in [3.8, 4) is 0 Å². The minimum atomic E-state index is -0.212. The van der Waals surface area contributed by atoms with E-state index in [1.165, 1.54) is 5.56 Å². The number of amides is 1. The van der Waals surface area contributed by atoms with Gasteiger partial charge in [-0.3, -0.25) is 9.20 Å². The predicted molar refractivity (Wildman–Crippen MR) is 139 cm³/mol. The normalized spacial score (nSPS) is 10.8. The molecule has 8 heteroatoms. The summed E-state index contributed by atoms with van der Waals surface area (Å²) < 4.78 is 1.79. The van der Waals surface area contributed by atoms with Crippen LogP contribution in [-0.2, 0) is 0 Å². The second-order valence-corrected chi connectivity index (χ2v) is 8.34. The smallest absolute Gasteiger partial charge is 0.274 e. The number of rotatable bonds is 6. The number of nitrogens with one attached hydrogen (secondary N) is 3. The molecule has 0 saturated carbocycles. The summed E-state index contributed by atoms with van der Waals surface area (Å²) in [5.41, 5.74) is 6.42. The lowest BCUT2D eigenvalue weighted by Gasteiger charge is -2.11. The molecule has 0 aliphatic heterocycles. The van der Waals surface area contributed by atoms with Crippen molar-refractivity contribution in [2.75, 3.05) is 16.0 Å². The van der Waals surface area contributed by atoms with Gasteiger partial charge in [0.25, 0.3) is 5.91 Å². The number of imidazole rings is 1. The minimum Gasteiger partial charge on any atom is -0.340 e. The van der Waals surface area contributed by atoms with Crippen LogP contribution in [-0.4, -0.2) is 25.3 Å². The van der Waals surface area contributed by atoms with Crippen LogP contribution >= 0.6 is 0 Å². The summed E-state index contributed by atoms with van der Waals surface area (Å²) in [6.45, 7) is 5.81. The molecule has 174 valence electrons. The SMILES string of the molecule is Cc1ccc(Nc2cc(C)nc(Nc3ccc(NC(=O)c4c(C)nc5ccccn45)cc3)n2)cc1. The predicted octanol–water partition coefficient (Wildman–Crippen LogP) is 5.79. The van der Waals surface area contributed by atoms with Crippen LogP contribution < -0.4 is 16.0 Å². The maximum atomic E-state index is 12.9. The highest BCUT2D eigenvalue weighted by Crippen LogP contribution is 2.21. The van der Waals surface area contributed by atoms with Gasteiger partial charge in [-0.15, -0.1) is 0 Å². The second kappa shape index (κ2) is 9.26. The van der Waals surface area contributed by atoms with E-state index in [0.29, 0.717) is 28.8 Å². The van der Waals surface area contributed by atoms with Gasteiger partial charge in [-0.2, -0.15) is 4.98 Å². The standard InChI is InChI=1S/C27H25N7O/c1-17-7-9-20(10-8-17)30-23-16-18(2)28-27(33-23)32-22-13-11-21(12-14-22)31-26(35)25-19(3)29-24-6-4-5-15-34(24)25/h4-16H,1-3H3,(H,31,35)(H2,28,30,32,33). The monoisotopic (exact) mass is 463 g/mol. The van der Waals surface area contributed by atoms with E-state index < -0.39 is 0 Å². The topological polar surface area (TPSA) is 96.2 Å². The van der Waals surface area contributed by atoms with Crippen LogP contribution in [0.5, 0.6) is 0 Å². The number of nitrogens with zero attached hydrogens (tertiary/aromatic N) is 4. The summed E-state index contributed by atoms with van der Waals surface area (Å²) in [6.07, 6.45) is 1.83. The molecule has 1 amide bonds. The zero-order valence-electron chi connectivity index (χ0n) is 19.7. The zero-order valence-corrected chi connectivity index (χ0v) is 19.7. The Bertz CT molecular complexity index is 1510. The highest BCUT2D eigenvalue weighted by atomic mass is 16.2. The summed E-state index contributed by atoms with van der Waals surface area (Å²) >= 11 is 0. The van der Waals surface area contributed by atoms with Gasteiger partial charge in [0.05, 0.1) is 5.69 Å². The van der Waals surface area contributed by atoms with Crippen molar-refractivity contribution in [1.29, 1.82) is 0 Å². The highest BCUT2D eigenvalue weighted by Gasteiger charge is 2.16. The van der Waals surface area contributed by atoms with E-state index in [1.807, 2.05) is 92.8 Å². The van der Waals surface area contributed by atoms with Gasteiger partial charge in [0, 0.05) is 35.0 Å². The molecule has 0 aliphatic carbocycles. The Morgan fingerprint density at radius 2 is 1.46 bits per heavy atom. The van der Waals surface area contributed by atoms with Gasteiger partial charge in [-0.25, -0.2) is 9.97 Å². The van der Waals surface area contributed by atoms with Crippen LogP contribution in [0.1, 0.15) is 27.4 Å². The fourth-order valence-corrected chi connectivity index (χ4v) is 3.82. The third-order valence-corrected chi connectivity index (χ3v) is 5.50. The van der Waals surface area contributed by atoms with Crippen molar-refractivity contribution in [2.24, 2.45) is 0 Å². The summed E-state index contributed by atoms with van der Waals surface area (Å²) in [4.78, 5) is 26.4. The fraction of sp³-hybridized carbons (Fsp3) is 0.111. The van der Waals surface area contributed by atoms with Crippen molar-refractivity contribution in [1.82, 2.24) is 19.4 Å². The van der Waals surface area contributed by atoms with Crippen LogP contribution in [0.25, 0.3) is 5.65 Å². The molecule has 0 saturated heterocycles. The molecular formula is C27H25N7O. The van der Waals surface area contributed by atoms with E-state index in [0.717, 1.165) is 22.7 Å². The highest BCUT2D eigenvalue weighted by molar-refractivity contribution is 6.04. The average Bonchev–Trinajstić information content (AvgIpc) is 3.17. The fourth-order valence-electron chi connectivity index (χ4n) is 3.82. The quantitative estimate of drug-likeness (QED) is 0.295. The molecule has 3 N–H and O–H groups in total. The van der Waals surface area contributed by atoms with Gasteiger partial charge in [-0.05, 0) is 69.3 Å². The molecule has 0 atom stereocenters. The Hall–Kier alpha value is -4.72. The molecule has 0 spiro atoms. The van der Waals surface area contributed by atoms with Crippen LogP contribution in [0, 0.1) is 20.8 Å². The number of aromatic nitrogens is 4. The van der Waals surface area contributed by atoms with Crippen LogP contribution in [0.15, 0.2) is 79.0 Å². The Labute approximate surface area is 203 Å². The van der Waals surface area contributed by atoms with E-state index >= 15 is 0 Å². The van der Waals surface area contributed by atoms with Crippen molar-refractivity contribution in [2.45, 2.75) is 20.8 Å². The minimum absolute atomic E-state index is 0.212. The third kappa shape index (κ3) is 4.96. The van der Waals surface area contributed by atoms with Crippen molar-refractivity contribution in [3.63, 3.8) is 0 Å². The number of fused-ring (bicyclic) bond motifs is 1. The van der Waals surface area contributed by atoms with Crippen LogP contribution in [0.4, 0.5) is 28.8 Å². The lowest BCUT2D eigenvalue weighted by molar-refractivity contribution is 0.102. The number of hydrogen-bond acceptors (Lipinski definition) is 6. The molecule has 5 aromatic rings. The Morgan fingerprint density at radius 3 is 2.23 bits per heavy atom. The molecule has 3 heterocycles. The molecule has 35 heavy (non-hydrogen) atoms. The average molecular weight is 464 g/mol. The first-order valence-corrected chi connectivity index (χ1v) is 11.3.